The van der Waals surface area contributed by atoms with Gasteiger partial charge in [0.1, 0.15) is 11.9 Å². The average molecular weight is 405 g/mol. The van der Waals surface area contributed by atoms with Crippen LogP contribution >= 0.6 is 0 Å². The monoisotopic (exact) mass is 404 g/mol. The van der Waals surface area contributed by atoms with Gasteiger partial charge in [0.25, 0.3) is 0 Å². The molecule has 4 rings (SSSR count). The fourth-order valence-corrected chi connectivity index (χ4v) is 4.73. The van der Waals surface area contributed by atoms with Crippen molar-refractivity contribution in [1.29, 1.82) is 5.26 Å². The summed E-state index contributed by atoms with van der Waals surface area (Å²) in [5.74, 6) is 0.130. The molecule has 30 heavy (non-hydrogen) atoms. The van der Waals surface area contributed by atoms with Crippen molar-refractivity contribution in [3.63, 3.8) is 0 Å². The summed E-state index contributed by atoms with van der Waals surface area (Å²) in [4.78, 5) is 33.9. The minimum absolute atomic E-state index is 0.0330. The van der Waals surface area contributed by atoms with E-state index in [2.05, 4.69) is 20.9 Å². The second-order valence-corrected chi connectivity index (χ2v) is 8.42. The normalized spacial score (nSPS) is 18.3. The first-order valence-corrected chi connectivity index (χ1v) is 11.0. The highest BCUT2D eigenvalue weighted by atomic mass is 16.1. The van der Waals surface area contributed by atoms with Crippen LogP contribution in [0.2, 0.25) is 0 Å². The highest BCUT2D eigenvalue weighted by molar-refractivity contribution is 6.01. The number of nitrogens with zero attached hydrogens (tertiary/aromatic N) is 4. The highest BCUT2D eigenvalue weighted by Crippen LogP contribution is 2.31. The standard InChI is InChI=1S/C24H28N4O2/c25-16-19-6-7-22(21-5-4-10-26-24(19)21)28-13-8-18(9-14-28)23(30)15-20(29)17-27-11-2-1-3-12-27/h4-7,10,18H,1-3,8-9,11-15,17H2. The first kappa shape index (κ1) is 20.5. The molecular formula is C24H28N4O2. The maximum Gasteiger partial charge on any atom is 0.154 e. The van der Waals surface area contributed by atoms with Gasteiger partial charge < -0.3 is 4.90 Å². The molecule has 1 aromatic carbocycles. The molecule has 0 N–H and O–H groups in total. The molecule has 156 valence electrons. The molecule has 2 saturated heterocycles. The van der Waals surface area contributed by atoms with E-state index < -0.39 is 0 Å². The lowest BCUT2D eigenvalue weighted by Gasteiger charge is -2.33. The molecule has 0 amide bonds. The Morgan fingerprint density at radius 2 is 1.83 bits per heavy atom. The number of nitriles is 1. The Morgan fingerprint density at radius 3 is 2.57 bits per heavy atom. The Balaban J connectivity index is 1.35. The predicted octanol–water partition coefficient (Wildman–Crippen LogP) is 3.34. The maximum atomic E-state index is 12.7. The third-order valence-electron chi connectivity index (χ3n) is 6.38. The van der Waals surface area contributed by atoms with Crippen molar-refractivity contribution in [3.05, 3.63) is 36.0 Å². The van der Waals surface area contributed by atoms with Gasteiger partial charge in [-0.1, -0.05) is 6.42 Å². The summed E-state index contributed by atoms with van der Waals surface area (Å²) < 4.78 is 0. The van der Waals surface area contributed by atoms with Gasteiger partial charge in [-0.25, -0.2) is 0 Å². The second kappa shape index (κ2) is 9.36. The van der Waals surface area contributed by atoms with Gasteiger partial charge in [-0.15, -0.1) is 0 Å². The third-order valence-corrected chi connectivity index (χ3v) is 6.38. The van der Waals surface area contributed by atoms with Crippen LogP contribution in [0.25, 0.3) is 10.9 Å². The lowest BCUT2D eigenvalue weighted by molar-refractivity contribution is -0.130. The minimum atomic E-state index is -0.0330. The number of ketones is 2. The van der Waals surface area contributed by atoms with Gasteiger partial charge in [-0.2, -0.15) is 5.26 Å². The molecule has 0 bridgehead atoms. The smallest absolute Gasteiger partial charge is 0.154 e. The molecule has 0 radical (unpaired) electrons. The van der Waals surface area contributed by atoms with Gasteiger partial charge in [-0.3, -0.25) is 19.5 Å². The number of piperidine rings is 2. The Hall–Kier alpha value is -2.78. The van der Waals surface area contributed by atoms with Crippen molar-refractivity contribution < 1.29 is 9.59 Å². The van der Waals surface area contributed by atoms with Crippen molar-refractivity contribution in [2.24, 2.45) is 5.92 Å². The molecule has 2 aliphatic heterocycles. The molecule has 6 nitrogen and oxygen atoms in total. The van der Waals surface area contributed by atoms with E-state index >= 15 is 0 Å². The molecule has 0 atom stereocenters. The van der Waals surface area contributed by atoms with E-state index in [9.17, 15) is 14.9 Å². The van der Waals surface area contributed by atoms with Gasteiger partial charge in [0, 0.05) is 36.3 Å². The number of pyridine rings is 1. The number of hydrogen-bond acceptors (Lipinski definition) is 6. The minimum Gasteiger partial charge on any atom is -0.371 e. The highest BCUT2D eigenvalue weighted by Gasteiger charge is 2.27. The van der Waals surface area contributed by atoms with Crippen LogP contribution in [-0.4, -0.2) is 54.2 Å². The van der Waals surface area contributed by atoms with Crippen LogP contribution in [0.3, 0.4) is 0 Å². The van der Waals surface area contributed by atoms with E-state index in [1.807, 2.05) is 24.3 Å². The molecule has 0 spiro atoms. The Bertz CT molecular complexity index is 967. The Labute approximate surface area is 177 Å². The number of benzene rings is 1. The zero-order chi connectivity index (χ0) is 20.9. The summed E-state index contributed by atoms with van der Waals surface area (Å²) >= 11 is 0. The van der Waals surface area contributed by atoms with Crippen molar-refractivity contribution in [1.82, 2.24) is 9.88 Å². The van der Waals surface area contributed by atoms with Gasteiger partial charge in [0.2, 0.25) is 0 Å². The fraction of sp³-hybridized carbons (Fsp3) is 0.500. The van der Waals surface area contributed by atoms with Crippen LogP contribution in [0.5, 0.6) is 0 Å². The zero-order valence-electron chi connectivity index (χ0n) is 17.3. The SMILES string of the molecule is N#Cc1ccc(N2CCC(C(=O)CC(=O)CN3CCCCC3)CC2)c2cccnc12. The van der Waals surface area contributed by atoms with E-state index in [4.69, 9.17) is 0 Å². The largest absolute Gasteiger partial charge is 0.371 e. The van der Waals surface area contributed by atoms with Crippen LogP contribution in [-0.2, 0) is 9.59 Å². The maximum absolute atomic E-state index is 12.7. The van der Waals surface area contributed by atoms with Crippen molar-refractivity contribution in [2.45, 2.75) is 38.5 Å². The fourth-order valence-electron chi connectivity index (χ4n) is 4.73. The number of likely N-dealkylation sites (tertiary alicyclic amines) is 1. The molecule has 0 aliphatic carbocycles. The predicted molar refractivity (Wildman–Crippen MR) is 116 cm³/mol. The number of aromatic nitrogens is 1. The van der Waals surface area contributed by atoms with E-state index in [1.165, 1.54) is 6.42 Å². The molecule has 6 heteroatoms. The summed E-state index contributed by atoms with van der Waals surface area (Å²) in [5, 5.41) is 10.3. The third kappa shape index (κ3) is 4.52. The van der Waals surface area contributed by atoms with Crippen LogP contribution in [0.4, 0.5) is 5.69 Å². The lowest BCUT2D eigenvalue weighted by Crippen LogP contribution is -2.38. The molecule has 1 aromatic heterocycles. The van der Waals surface area contributed by atoms with Crippen LogP contribution in [0.1, 0.15) is 44.1 Å². The number of carbonyl (C=O) groups excluding carboxylic acids is 2. The Kier molecular flexibility index (Phi) is 6.39. The molecule has 0 unspecified atom stereocenters. The van der Waals surface area contributed by atoms with Crippen molar-refractivity contribution in [3.8, 4) is 6.07 Å². The van der Waals surface area contributed by atoms with E-state index in [0.717, 1.165) is 68.5 Å². The van der Waals surface area contributed by atoms with Gasteiger partial charge >= 0.3 is 0 Å². The topological polar surface area (TPSA) is 77.3 Å². The zero-order valence-corrected chi connectivity index (χ0v) is 17.3. The molecule has 2 fully saturated rings. The summed E-state index contributed by atoms with van der Waals surface area (Å²) in [6, 6.07) is 9.89. The first-order valence-electron chi connectivity index (χ1n) is 11.0. The lowest BCUT2D eigenvalue weighted by atomic mass is 9.89. The number of rotatable bonds is 6. The van der Waals surface area contributed by atoms with Gasteiger partial charge in [-0.05, 0) is 63.0 Å². The molecule has 2 aromatic rings. The van der Waals surface area contributed by atoms with E-state index in [1.54, 1.807) is 6.20 Å². The average Bonchev–Trinajstić information content (AvgIpc) is 2.79. The van der Waals surface area contributed by atoms with Crippen molar-refractivity contribution in [2.75, 3.05) is 37.6 Å². The summed E-state index contributed by atoms with van der Waals surface area (Å²) in [7, 11) is 0. The number of hydrogen-bond donors (Lipinski definition) is 0. The van der Waals surface area contributed by atoms with Crippen LogP contribution in [0.15, 0.2) is 30.5 Å². The Morgan fingerprint density at radius 1 is 1.07 bits per heavy atom. The number of anilines is 1. The quantitative estimate of drug-likeness (QED) is 0.687. The van der Waals surface area contributed by atoms with Gasteiger partial charge in [0.05, 0.1) is 24.0 Å². The first-order chi connectivity index (χ1) is 14.7. The van der Waals surface area contributed by atoms with E-state index in [0.29, 0.717) is 12.1 Å². The summed E-state index contributed by atoms with van der Waals surface area (Å²) in [5.41, 5.74) is 2.36. The number of Topliss-reactive ketones (excluding diaryl/α,β-unsaturated/α-hetero) is 2. The molecule has 3 heterocycles. The molecular weight excluding hydrogens is 376 g/mol. The van der Waals surface area contributed by atoms with E-state index in [-0.39, 0.29) is 23.9 Å². The second-order valence-electron chi connectivity index (χ2n) is 8.42. The van der Waals surface area contributed by atoms with Crippen molar-refractivity contribution >= 4 is 28.2 Å². The molecule has 2 aliphatic rings. The van der Waals surface area contributed by atoms with Crippen LogP contribution < -0.4 is 4.90 Å². The summed E-state index contributed by atoms with van der Waals surface area (Å²) in [6.07, 6.45) is 6.85. The number of fused-ring (bicyclic) bond motifs is 1. The summed E-state index contributed by atoms with van der Waals surface area (Å²) in [6.45, 7) is 3.92. The molecule has 0 saturated carbocycles. The number of carbonyl (C=O) groups is 2. The van der Waals surface area contributed by atoms with Crippen LogP contribution in [0, 0.1) is 17.2 Å². The van der Waals surface area contributed by atoms with Gasteiger partial charge in [0.15, 0.2) is 5.78 Å².